The standard InChI is InChI=1S/C42H64N10O11/c1-26(54)36(52-37(57)29(45)17-9-11-19-43)41(61)50-30(18-10-12-20-44)38(58)46-24-35(56)49-33(25-53)39(59)47-23-34(55)48-31(21-27-13-5-3-6-14-27)40(60)51-32(42(62)63-2)22-28-15-7-4-8-16-28/h3-8,13-16,26,29-33,36,53-54H,9-12,17-25,43-45H2,1-2H3,(H,46,58)(H,47,59)(H,48,55)(H,49,56)(H,50,61)(H,51,60)(H,52,57)/t26-,29+,30+,31+,32+,33+,36+/m1/s1. The minimum Gasteiger partial charge on any atom is -0.467 e. The predicted molar refractivity (Wildman–Crippen MR) is 231 cm³/mol. The topological polar surface area (TPSA) is 349 Å². The van der Waals surface area contributed by atoms with Crippen LogP contribution >= 0.6 is 0 Å². The number of amides is 7. The molecule has 0 aliphatic rings. The third-order valence-corrected chi connectivity index (χ3v) is 9.65. The maximum atomic E-state index is 13.6. The molecular weight excluding hydrogens is 821 g/mol. The number of rotatable bonds is 29. The van der Waals surface area contributed by atoms with Crippen LogP contribution in [0.15, 0.2) is 60.7 Å². The average Bonchev–Trinajstić information content (AvgIpc) is 3.27. The van der Waals surface area contributed by atoms with Gasteiger partial charge in [0.15, 0.2) is 0 Å². The van der Waals surface area contributed by atoms with Crippen LogP contribution in [0.4, 0.5) is 0 Å². The lowest BCUT2D eigenvalue weighted by atomic mass is 10.0. The Balaban J connectivity index is 2.03. The summed E-state index contributed by atoms with van der Waals surface area (Å²) >= 11 is 0. The molecule has 21 heteroatoms. The summed E-state index contributed by atoms with van der Waals surface area (Å²) in [5.41, 5.74) is 18.4. The first-order valence-corrected chi connectivity index (χ1v) is 20.8. The van der Waals surface area contributed by atoms with Crippen LogP contribution in [-0.2, 0) is 55.9 Å². The lowest BCUT2D eigenvalue weighted by molar-refractivity contribution is -0.145. The van der Waals surface area contributed by atoms with Gasteiger partial charge < -0.3 is 69.4 Å². The van der Waals surface area contributed by atoms with Gasteiger partial charge in [0.25, 0.3) is 0 Å². The summed E-state index contributed by atoms with van der Waals surface area (Å²) in [5.74, 6) is -6.46. The van der Waals surface area contributed by atoms with E-state index in [1.165, 1.54) is 14.0 Å². The van der Waals surface area contributed by atoms with Crippen LogP contribution in [0.3, 0.4) is 0 Å². The minimum atomic E-state index is -1.57. The number of carbonyl (C=O) groups excluding carboxylic acids is 8. The zero-order valence-electron chi connectivity index (χ0n) is 35.8. The van der Waals surface area contributed by atoms with Crippen LogP contribution in [-0.4, -0.2) is 140 Å². The Morgan fingerprint density at radius 3 is 1.56 bits per heavy atom. The Kier molecular flexibility index (Phi) is 24.7. The third-order valence-electron chi connectivity index (χ3n) is 9.65. The minimum absolute atomic E-state index is 0.0204. The molecule has 2 aromatic rings. The molecule has 0 unspecified atom stereocenters. The molecule has 0 radical (unpaired) electrons. The first-order valence-electron chi connectivity index (χ1n) is 20.8. The summed E-state index contributed by atoms with van der Waals surface area (Å²) in [6.45, 7) is -0.292. The Morgan fingerprint density at radius 1 is 0.587 bits per heavy atom. The molecular formula is C42H64N10O11. The largest absolute Gasteiger partial charge is 0.467 e. The van der Waals surface area contributed by atoms with Crippen LogP contribution in [0.25, 0.3) is 0 Å². The summed E-state index contributed by atoms with van der Waals surface area (Å²) in [4.78, 5) is 104. The van der Waals surface area contributed by atoms with Crippen molar-refractivity contribution in [1.29, 1.82) is 0 Å². The van der Waals surface area contributed by atoms with Gasteiger partial charge in [-0.15, -0.1) is 0 Å². The number of methoxy groups -OCH3 is 1. The maximum absolute atomic E-state index is 13.6. The first kappa shape index (κ1) is 53.1. The Hall–Kier alpha value is -6.00. The van der Waals surface area contributed by atoms with E-state index >= 15 is 0 Å². The van der Waals surface area contributed by atoms with Crippen molar-refractivity contribution in [3.8, 4) is 0 Å². The number of benzene rings is 2. The number of unbranched alkanes of at least 4 members (excludes halogenated alkanes) is 2. The maximum Gasteiger partial charge on any atom is 0.328 e. The molecule has 0 aliphatic carbocycles. The molecule has 2 rings (SSSR count). The van der Waals surface area contributed by atoms with Crippen LogP contribution in [0.2, 0.25) is 0 Å². The second-order valence-corrected chi connectivity index (χ2v) is 14.8. The van der Waals surface area contributed by atoms with Crippen LogP contribution < -0.4 is 54.4 Å². The molecule has 15 N–H and O–H groups in total. The van der Waals surface area contributed by atoms with E-state index in [4.69, 9.17) is 21.9 Å². The molecule has 7 atom stereocenters. The molecule has 0 fully saturated rings. The van der Waals surface area contributed by atoms with Gasteiger partial charge in [-0.1, -0.05) is 67.1 Å². The number of hydrogen-bond acceptors (Lipinski definition) is 14. The van der Waals surface area contributed by atoms with Gasteiger partial charge >= 0.3 is 5.97 Å². The Bertz CT molecular complexity index is 1770. The number of ether oxygens (including phenoxy) is 1. The summed E-state index contributed by atoms with van der Waals surface area (Å²) < 4.78 is 4.90. The highest BCUT2D eigenvalue weighted by atomic mass is 16.5. The van der Waals surface area contributed by atoms with E-state index in [-0.39, 0.29) is 19.3 Å². The second kappa shape index (κ2) is 29.3. The highest BCUT2D eigenvalue weighted by molar-refractivity contribution is 5.96. The van der Waals surface area contributed by atoms with Gasteiger partial charge in [0.2, 0.25) is 41.4 Å². The van der Waals surface area contributed by atoms with Crippen LogP contribution in [0, 0.1) is 0 Å². The van der Waals surface area contributed by atoms with E-state index in [0.29, 0.717) is 50.8 Å². The van der Waals surface area contributed by atoms with Crippen molar-refractivity contribution in [1.82, 2.24) is 37.2 Å². The Morgan fingerprint density at radius 2 is 1.06 bits per heavy atom. The van der Waals surface area contributed by atoms with E-state index in [2.05, 4.69) is 37.2 Å². The van der Waals surface area contributed by atoms with Crippen LogP contribution in [0.5, 0.6) is 0 Å². The third kappa shape index (κ3) is 20.2. The number of hydrogen-bond donors (Lipinski definition) is 12. The lowest BCUT2D eigenvalue weighted by Crippen LogP contribution is -2.59. The van der Waals surface area contributed by atoms with E-state index in [1.807, 2.05) is 0 Å². The summed E-state index contributed by atoms with van der Waals surface area (Å²) in [6, 6.07) is 10.2. The second-order valence-electron chi connectivity index (χ2n) is 14.8. The van der Waals surface area contributed by atoms with E-state index < -0.39 is 109 Å². The molecule has 348 valence electrons. The zero-order chi connectivity index (χ0) is 46.7. The number of carbonyl (C=O) groups is 8. The van der Waals surface area contributed by atoms with Gasteiger partial charge in [-0.25, -0.2) is 4.79 Å². The van der Waals surface area contributed by atoms with Crippen molar-refractivity contribution in [3.05, 3.63) is 71.8 Å². The number of aliphatic hydroxyl groups excluding tert-OH is 2. The van der Waals surface area contributed by atoms with Gasteiger partial charge in [0, 0.05) is 12.8 Å². The fourth-order valence-corrected chi connectivity index (χ4v) is 6.11. The number of nitrogens with one attached hydrogen (secondary N) is 7. The molecule has 0 saturated heterocycles. The van der Waals surface area contributed by atoms with Crippen molar-refractivity contribution in [2.45, 2.75) is 101 Å². The fourth-order valence-electron chi connectivity index (χ4n) is 6.11. The van der Waals surface area contributed by atoms with E-state index in [1.54, 1.807) is 60.7 Å². The van der Waals surface area contributed by atoms with E-state index in [0.717, 1.165) is 5.56 Å². The molecule has 63 heavy (non-hydrogen) atoms. The predicted octanol–water partition coefficient (Wildman–Crippen LogP) is -3.74. The Labute approximate surface area is 366 Å². The molecule has 0 bridgehead atoms. The molecule has 0 spiro atoms. The van der Waals surface area contributed by atoms with Gasteiger partial charge in [0.1, 0.15) is 30.2 Å². The van der Waals surface area contributed by atoms with Gasteiger partial charge in [-0.05, 0) is 63.2 Å². The van der Waals surface area contributed by atoms with E-state index in [9.17, 15) is 48.6 Å². The zero-order valence-corrected chi connectivity index (χ0v) is 35.8. The molecule has 7 amide bonds. The van der Waals surface area contributed by atoms with Gasteiger partial charge in [-0.3, -0.25) is 33.6 Å². The van der Waals surface area contributed by atoms with Crippen molar-refractivity contribution in [2.24, 2.45) is 17.2 Å². The SMILES string of the molecule is COC(=O)[C@H](Cc1ccccc1)NC(=O)[C@H](Cc1ccccc1)NC(=O)CNC(=O)[C@H](CO)NC(=O)CNC(=O)[C@H](CCCCN)NC(=O)[C@@H](NC(=O)[C@@H](N)CCCCN)[C@@H](C)O. The van der Waals surface area contributed by atoms with Crippen molar-refractivity contribution in [3.63, 3.8) is 0 Å². The number of aliphatic hydroxyl groups is 2. The normalized spacial score (nSPS) is 14.2. The summed E-state index contributed by atoms with van der Waals surface area (Å²) in [6.07, 6.45) is 1.23. The summed E-state index contributed by atoms with van der Waals surface area (Å²) in [5, 5.41) is 37.2. The fraction of sp³-hybridized carbons (Fsp3) is 0.524. The smallest absolute Gasteiger partial charge is 0.328 e. The van der Waals surface area contributed by atoms with Crippen molar-refractivity contribution >= 4 is 47.3 Å². The van der Waals surface area contributed by atoms with Crippen molar-refractivity contribution < 1.29 is 53.3 Å². The lowest BCUT2D eigenvalue weighted by Gasteiger charge is -2.26. The average molecular weight is 885 g/mol. The highest BCUT2D eigenvalue weighted by Crippen LogP contribution is 2.09. The van der Waals surface area contributed by atoms with Crippen molar-refractivity contribution in [2.75, 3.05) is 39.9 Å². The monoisotopic (exact) mass is 884 g/mol. The highest BCUT2D eigenvalue weighted by Gasteiger charge is 2.32. The number of esters is 1. The van der Waals surface area contributed by atoms with Gasteiger partial charge in [0.05, 0.1) is 39.0 Å². The molecule has 0 aliphatic heterocycles. The quantitative estimate of drug-likeness (QED) is 0.0276. The first-order chi connectivity index (χ1) is 30.1. The van der Waals surface area contributed by atoms with Crippen LogP contribution in [0.1, 0.15) is 56.6 Å². The molecule has 0 saturated carbocycles. The molecule has 0 aromatic heterocycles. The summed E-state index contributed by atoms with van der Waals surface area (Å²) in [7, 11) is 1.19. The molecule has 0 heterocycles. The number of nitrogens with two attached hydrogens (primary N) is 3. The molecule has 2 aromatic carbocycles. The molecule has 21 nitrogen and oxygen atoms in total. The van der Waals surface area contributed by atoms with Gasteiger partial charge in [-0.2, -0.15) is 0 Å².